The highest BCUT2D eigenvalue weighted by Crippen LogP contribution is 2.10. The number of halogens is 1. The summed E-state index contributed by atoms with van der Waals surface area (Å²) < 4.78 is 0. The third-order valence-corrected chi connectivity index (χ3v) is 3.85. The average Bonchev–Trinajstić information content (AvgIpc) is 2.85. The van der Waals surface area contributed by atoms with Crippen LogP contribution in [0.4, 0.5) is 0 Å². The van der Waals surface area contributed by atoms with Gasteiger partial charge in [-0.2, -0.15) is 0 Å². The van der Waals surface area contributed by atoms with E-state index in [0.29, 0.717) is 6.54 Å². The van der Waals surface area contributed by atoms with E-state index >= 15 is 0 Å². The summed E-state index contributed by atoms with van der Waals surface area (Å²) in [7, 11) is 0. The summed E-state index contributed by atoms with van der Waals surface area (Å²) in [6.07, 6.45) is 0.836. The van der Waals surface area contributed by atoms with Gasteiger partial charge >= 0.3 is 0 Å². The number of amides is 1. The van der Waals surface area contributed by atoms with Gasteiger partial charge in [0.2, 0.25) is 5.91 Å². The molecule has 1 unspecified atom stereocenters. The molecule has 3 nitrogen and oxygen atoms in total. The number of hydrogen-bond donors (Lipinski definition) is 2. The molecule has 0 radical (unpaired) electrons. The van der Waals surface area contributed by atoms with Crippen LogP contribution in [0.5, 0.6) is 0 Å². The maximum absolute atomic E-state index is 11.7. The molecule has 1 aliphatic heterocycles. The van der Waals surface area contributed by atoms with Crippen LogP contribution in [0.3, 0.4) is 0 Å². The second-order valence-electron chi connectivity index (χ2n) is 3.94. The predicted octanol–water partition coefficient (Wildman–Crippen LogP) is 1.66. The average molecular weight is 271 g/mol. The molecule has 2 N–H and O–H groups in total. The van der Waals surface area contributed by atoms with E-state index in [-0.39, 0.29) is 11.9 Å². The highest BCUT2D eigenvalue weighted by Gasteiger charge is 2.21. The van der Waals surface area contributed by atoms with Crippen molar-refractivity contribution in [2.24, 2.45) is 0 Å². The molecule has 5 heteroatoms. The van der Waals surface area contributed by atoms with Gasteiger partial charge in [0.05, 0.1) is 6.04 Å². The van der Waals surface area contributed by atoms with Crippen molar-refractivity contribution in [2.75, 3.05) is 18.2 Å². The highest BCUT2D eigenvalue weighted by atomic mass is 35.5. The van der Waals surface area contributed by atoms with E-state index in [9.17, 15) is 4.79 Å². The molecule has 92 valence electrons. The molecule has 0 spiro atoms. The molecule has 0 bridgehead atoms. The fourth-order valence-corrected chi connectivity index (χ4v) is 2.74. The lowest BCUT2D eigenvalue weighted by Crippen LogP contribution is -2.42. The first-order chi connectivity index (χ1) is 8.25. The van der Waals surface area contributed by atoms with Crippen molar-refractivity contribution in [1.82, 2.24) is 10.6 Å². The molecule has 1 amide bonds. The summed E-state index contributed by atoms with van der Waals surface area (Å²) in [4.78, 5) is 11.7. The Bertz CT molecular complexity index is 377. The van der Waals surface area contributed by atoms with E-state index in [0.717, 1.165) is 23.1 Å². The Hall–Kier alpha value is -0.710. The van der Waals surface area contributed by atoms with Crippen molar-refractivity contribution in [3.8, 4) is 0 Å². The van der Waals surface area contributed by atoms with E-state index in [1.807, 2.05) is 24.3 Å². The molecule has 0 aromatic heterocycles. The fraction of sp³-hybridized carbons (Fsp3) is 0.417. The van der Waals surface area contributed by atoms with Crippen LogP contribution < -0.4 is 10.6 Å². The molecule has 1 aliphatic rings. The second-order valence-corrected chi connectivity index (χ2v) is 5.41. The van der Waals surface area contributed by atoms with E-state index in [1.165, 1.54) is 5.56 Å². The van der Waals surface area contributed by atoms with Crippen LogP contribution in [0.2, 0.25) is 5.02 Å². The van der Waals surface area contributed by atoms with Crippen LogP contribution in [0.15, 0.2) is 24.3 Å². The maximum Gasteiger partial charge on any atom is 0.238 e. The van der Waals surface area contributed by atoms with Gasteiger partial charge in [-0.1, -0.05) is 23.7 Å². The monoisotopic (exact) mass is 270 g/mol. The molecule has 1 saturated heterocycles. The quantitative estimate of drug-likeness (QED) is 0.874. The molecule has 1 aromatic rings. The van der Waals surface area contributed by atoms with Crippen molar-refractivity contribution in [3.05, 3.63) is 34.9 Å². The molecule has 0 saturated carbocycles. The molecule has 1 fully saturated rings. The summed E-state index contributed by atoms with van der Waals surface area (Å²) in [5.41, 5.74) is 1.18. The Kier molecular flexibility index (Phi) is 4.71. The van der Waals surface area contributed by atoms with Crippen molar-refractivity contribution < 1.29 is 4.79 Å². The Morgan fingerprint density at radius 3 is 2.88 bits per heavy atom. The summed E-state index contributed by atoms with van der Waals surface area (Å²) in [6, 6.07) is 7.68. The van der Waals surface area contributed by atoms with Crippen molar-refractivity contribution in [3.63, 3.8) is 0 Å². The summed E-state index contributed by atoms with van der Waals surface area (Å²) in [5.74, 6) is 1.84. The number of nitrogens with one attached hydrogen (secondary N) is 2. The van der Waals surface area contributed by atoms with Crippen molar-refractivity contribution in [1.29, 1.82) is 0 Å². The molecule has 17 heavy (non-hydrogen) atoms. The third kappa shape index (κ3) is 3.91. The van der Waals surface area contributed by atoms with Crippen LogP contribution in [0, 0.1) is 0 Å². The van der Waals surface area contributed by atoms with Gasteiger partial charge in [0.1, 0.15) is 0 Å². The molecule has 2 rings (SSSR count). The number of hydrogen-bond acceptors (Lipinski definition) is 3. The van der Waals surface area contributed by atoms with Gasteiger partial charge in [-0.05, 0) is 24.1 Å². The molecule has 1 aromatic carbocycles. The lowest BCUT2D eigenvalue weighted by molar-refractivity contribution is -0.122. The Morgan fingerprint density at radius 2 is 2.24 bits per heavy atom. The number of rotatable bonds is 4. The van der Waals surface area contributed by atoms with Gasteiger partial charge in [-0.3, -0.25) is 10.1 Å². The number of carbonyl (C=O) groups is 1. The van der Waals surface area contributed by atoms with Crippen LogP contribution >= 0.6 is 23.4 Å². The number of carbonyl (C=O) groups excluding carboxylic acids is 1. The second kappa shape index (κ2) is 6.28. The number of benzene rings is 1. The SMILES string of the molecule is O=C(NCCc1ccc(Cl)cc1)C1CSCN1. The van der Waals surface area contributed by atoms with Crippen LogP contribution in [0.1, 0.15) is 5.56 Å². The first kappa shape index (κ1) is 12.7. The van der Waals surface area contributed by atoms with Crippen LogP contribution in [0.25, 0.3) is 0 Å². The number of thioether (sulfide) groups is 1. The molecular weight excluding hydrogens is 256 g/mol. The standard InChI is InChI=1S/C12H15ClN2OS/c13-10-3-1-9(2-4-10)5-6-14-12(16)11-7-17-8-15-11/h1-4,11,15H,5-8H2,(H,14,16). The third-order valence-electron chi connectivity index (χ3n) is 2.66. The van der Waals surface area contributed by atoms with Gasteiger partial charge in [-0.25, -0.2) is 0 Å². The van der Waals surface area contributed by atoms with Gasteiger partial charge in [0.25, 0.3) is 0 Å². The lowest BCUT2D eigenvalue weighted by atomic mass is 10.1. The van der Waals surface area contributed by atoms with E-state index < -0.39 is 0 Å². The first-order valence-corrected chi connectivity index (χ1v) is 7.12. The summed E-state index contributed by atoms with van der Waals surface area (Å²) in [6.45, 7) is 0.670. The minimum atomic E-state index is -0.0229. The predicted molar refractivity (Wildman–Crippen MR) is 72.4 cm³/mol. The molecular formula is C12H15ClN2OS. The molecule has 1 atom stereocenters. The molecule has 1 heterocycles. The minimum absolute atomic E-state index is 0.0229. The Labute approximate surface area is 110 Å². The normalized spacial score (nSPS) is 19.2. The zero-order chi connectivity index (χ0) is 12.1. The van der Waals surface area contributed by atoms with E-state index in [1.54, 1.807) is 11.8 Å². The minimum Gasteiger partial charge on any atom is -0.354 e. The lowest BCUT2D eigenvalue weighted by Gasteiger charge is -2.10. The highest BCUT2D eigenvalue weighted by molar-refractivity contribution is 7.99. The fourth-order valence-electron chi connectivity index (χ4n) is 1.67. The zero-order valence-corrected chi connectivity index (χ0v) is 11.0. The topological polar surface area (TPSA) is 41.1 Å². The van der Waals surface area contributed by atoms with Gasteiger partial charge in [-0.15, -0.1) is 11.8 Å². The van der Waals surface area contributed by atoms with Gasteiger partial charge < -0.3 is 5.32 Å². The Balaban J connectivity index is 1.72. The Morgan fingerprint density at radius 1 is 1.47 bits per heavy atom. The van der Waals surface area contributed by atoms with E-state index in [4.69, 9.17) is 11.6 Å². The maximum atomic E-state index is 11.7. The van der Waals surface area contributed by atoms with Crippen LogP contribution in [-0.4, -0.2) is 30.1 Å². The first-order valence-electron chi connectivity index (χ1n) is 5.59. The van der Waals surface area contributed by atoms with Gasteiger partial charge in [0.15, 0.2) is 0 Å². The van der Waals surface area contributed by atoms with Crippen molar-refractivity contribution >= 4 is 29.3 Å². The molecule has 0 aliphatic carbocycles. The van der Waals surface area contributed by atoms with Gasteiger partial charge in [0, 0.05) is 23.2 Å². The van der Waals surface area contributed by atoms with Crippen molar-refractivity contribution in [2.45, 2.75) is 12.5 Å². The summed E-state index contributed by atoms with van der Waals surface area (Å²) in [5, 5.41) is 6.83. The van der Waals surface area contributed by atoms with E-state index in [2.05, 4.69) is 10.6 Å². The largest absolute Gasteiger partial charge is 0.354 e. The smallest absolute Gasteiger partial charge is 0.238 e. The van der Waals surface area contributed by atoms with Crippen LogP contribution in [-0.2, 0) is 11.2 Å². The zero-order valence-electron chi connectivity index (χ0n) is 9.41. The summed E-state index contributed by atoms with van der Waals surface area (Å²) >= 11 is 7.56.